The third-order valence-electron chi connectivity index (χ3n) is 7.24. The Balaban J connectivity index is 1.45. The second-order valence-electron chi connectivity index (χ2n) is 10.1. The lowest BCUT2D eigenvalue weighted by atomic mass is 9.99. The Morgan fingerprint density at radius 3 is 2.00 bits per heavy atom. The molecular formula is C34H20F3N7S. The van der Waals surface area contributed by atoms with E-state index in [4.69, 9.17) is 4.98 Å². The minimum Gasteiger partial charge on any atom is -0.237 e. The van der Waals surface area contributed by atoms with E-state index in [1.54, 1.807) is 37.3 Å². The molecule has 0 aliphatic heterocycles. The first-order valence-electron chi connectivity index (χ1n) is 13.7. The Morgan fingerprint density at radius 2 is 1.38 bits per heavy atom. The van der Waals surface area contributed by atoms with Gasteiger partial charge in [-0.1, -0.05) is 91.0 Å². The van der Waals surface area contributed by atoms with Gasteiger partial charge in [0.25, 0.3) is 0 Å². The molecule has 0 amide bonds. The number of benzene rings is 3. The van der Waals surface area contributed by atoms with Gasteiger partial charge in [0.2, 0.25) is 0 Å². The fraction of sp³-hybridized carbons (Fsp3) is 0.0588. The van der Waals surface area contributed by atoms with Crippen LogP contribution in [0.2, 0.25) is 0 Å². The van der Waals surface area contributed by atoms with Crippen LogP contribution in [-0.4, -0.2) is 19.6 Å². The summed E-state index contributed by atoms with van der Waals surface area (Å²) in [6, 6.07) is 33.1. The molecule has 0 saturated heterocycles. The van der Waals surface area contributed by atoms with Crippen molar-refractivity contribution in [3.63, 3.8) is 0 Å². The standard InChI is InChI=1S/C34H20F3N7S/c1-20-30(32-40-28(34(35,36)37)18-26(44(32)43-20)23-15-9-4-10-16-23)41-42-31-27(19-38)45-33-29(31)24(21-11-5-2-6-12-21)17-25(39-33)22-13-7-3-8-14-22/h2-18H,1H3. The number of hydrogen-bond acceptors (Lipinski definition) is 7. The van der Waals surface area contributed by atoms with Crippen LogP contribution in [-0.2, 0) is 6.18 Å². The van der Waals surface area contributed by atoms with Gasteiger partial charge in [0.05, 0.1) is 17.1 Å². The van der Waals surface area contributed by atoms with Crippen LogP contribution in [0.15, 0.2) is 113 Å². The summed E-state index contributed by atoms with van der Waals surface area (Å²) >= 11 is 1.18. The van der Waals surface area contributed by atoms with E-state index < -0.39 is 11.9 Å². The molecule has 45 heavy (non-hydrogen) atoms. The maximum absolute atomic E-state index is 14.0. The molecule has 7 rings (SSSR count). The van der Waals surface area contributed by atoms with E-state index in [-0.39, 0.29) is 27.6 Å². The van der Waals surface area contributed by atoms with Gasteiger partial charge in [-0.25, -0.2) is 14.5 Å². The van der Waals surface area contributed by atoms with Crippen molar-refractivity contribution in [1.29, 1.82) is 5.26 Å². The summed E-state index contributed by atoms with van der Waals surface area (Å²) in [6.45, 7) is 1.63. The smallest absolute Gasteiger partial charge is 0.237 e. The molecule has 4 aromatic heterocycles. The highest BCUT2D eigenvalue weighted by Crippen LogP contribution is 2.45. The first-order chi connectivity index (χ1) is 21.8. The van der Waals surface area contributed by atoms with E-state index in [1.807, 2.05) is 66.7 Å². The Hall–Kier alpha value is -5.73. The zero-order chi connectivity index (χ0) is 31.1. The molecule has 0 radical (unpaired) electrons. The lowest BCUT2D eigenvalue weighted by Crippen LogP contribution is -2.10. The van der Waals surface area contributed by atoms with Gasteiger partial charge in [-0.15, -0.1) is 21.6 Å². The van der Waals surface area contributed by atoms with E-state index in [0.29, 0.717) is 21.5 Å². The topological polar surface area (TPSA) is 91.6 Å². The molecule has 0 aliphatic rings. The first kappa shape index (κ1) is 28.1. The molecule has 3 aromatic carbocycles. The number of nitrogens with zero attached hydrogens (tertiary/aromatic N) is 7. The van der Waals surface area contributed by atoms with Gasteiger partial charge in [-0.3, -0.25) is 0 Å². The van der Waals surface area contributed by atoms with Crippen LogP contribution in [0.3, 0.4) is 0 Å². The number of alkyl halides is 3. The number of pyridine rings is 1. The molecule has 7 nitrogen and oxygen atoms in total. The number of rotatable bonds is 5. The van der Waals surface area contributed by atoms with Crippen molar-refractivity contribution in [3.8, 4) is 39.7 Å². The number of hydrogen-bond donors (Lipinski definition) is 0. The molecule has 0 atom stereocenters. The lowest BCUT2D eigenvalue weighted by Gasteiger charge is -2.10. The molecule has 218 valence electrons. The predicted octanol–water partition coefficient (Wildman–Crippen LogP) is 9.95. The lowest BCUT2D eigenvalue weighted by molar-refractivity contribution is -0.141. The van der Waals surface area contributed by atoms with Gasteiger partial charge in [-0.2, -0.15) is 23.5 Å². The highest BCUT2D eigenvalue weighted by molar-refractivity contribution is 7.20. The maximum Gasteiger partial charge on any atom is 0.433 e. The molecule has 0 bridgehead atoms. The van der Waals surface area contributed by atoms with Gasteiger partial charge in [-0.05, 0) is 30.2 Å². The van der Waals surface area contributed by atoms with E-state index in [0.717, 1.165) is 28.5 Å². The van der Waals surface area contributed by atoms with Crippen LogP contribution in [0.5, 0.6) is 0 Å². The molecule has 0 aliphatic carbocycles. The van der Waals surface area contributed by atoms with Crippen LogP contribution in [0, 0.1) is 18.3 Å². The predicted molar refractivity (Wildman–Crippen MR) is 168 cm³/mol. The number of thiophene rings is 1. The number of nitriles is 1. The summed E-state index contributed by atoms with van der Waals surface area (Å²) in [7, 11) is 0. The monoisotopic (exact) mass is 615 g/mol. The van der Waals surface area contributed by atoms with Crippen LogP contribution in [0.4, 0.5) is 24.5 Å². The minimum absolute atomic E-state index is 0.0663. The number of aromatic nitrogens is 4. The van der Waals surface area contributed by atoms with Gasteiger partial charge in [0.15, 0.2) is 11.3 Å². The number of fused-ring (bicyclic) bond motifs is 2. The van der Waals surface area contributed by atoms with Crippen molar-refractivity contribution in [2.24, 2.45) is 10.2 Å². The summed E-state index contributed by atoms with van der Waals surface area (Å²) in [5.74, 6) is 0. The molecule has 4 heterocycles. The molecule has 0 unspecified atom stereocenters. The van der Waals surface area contributed by atoms with Crippen molar-refractivity contribution in [2.75, 3.05) is 0 Å². The normalized spacial score (nSPS) is 11.9. The largest absolute Gasteiger partial charge is 0.433 e. The van der Waals surface area contributed by atoms with Crippen molar-refractivity contribution in [3.05, 3.63) is 119 Å². The van der Waals surface area contributed by atoms with Crippen molar-refractivity contribution in [2.45, 2.75) is 13.1 Å². The average Bonchev–Trinajstić information content (AvgIpc) is 3.59. The maximum atomic E-state index is 14.0. The summed E-state index contributed by atoms with van der Waals surface area (Å²) in [5.41, 5.74) is 3.56. The molecular weight excluding hydrogens is 595 g/mol. The van der Waals surface area contributed by atoms with Gasteiger partial charge in [0.1, 0.15) is 27.2 Å². The van der Waals surface area contributed by atoms with Gasteiger partial charge >= 0.3 is 6.18 Å². The molecule has 0 saturated carbocycles. The molecule has 0 spiro atoms. The number of aryl methyl sites for hydroxylation is 1. The van der Waals surface area contributed by atoms with Crippen LogP contribution in [0.1, 0.15) is 16.3 Å². The average molecular weight is 616 g/mol. The number of halogens is 3. The van der Waals surface area contributed by atoms with E-state index >= 15 is 0 Å². The summed E-state index contributed by atoms with van der Waals surface area (Å²) in [5, 5.41) is 24.1. The second kappa shape index (κ2) is 11.1. The first-order valence-corrected chi connectivity index (χ1v) is 14.6. The molecule has 0 N–H and O–H groups in total. The van der Waals surface area contributed by atoms with E-state index in [2.05, 4.69) is 26.4 Å². The molecule has 0 fully saturated rings. The Bertz CT molecular complexity index is 2270. The van der Waals surface area contributed by atoms with E-state index in [1.165, 1.54) is 15.9 Å². The Morgan fingerprint density at radius 1 is 0.778 bits per heavy atom. The minimum atomic E-state index is -4.71. The fourth-order valence-electron chi connectivity index (χ4n) is 5.15. The quantitative estimate of drug-likeness (QED) is 0.180. The fourth-order valence-corrected chi connectivity index (χ4v) is 6.08. The van der Waals surface area contributed by atoms with Crippen molar-refractivity contribution < 1.29 is 13.2 Å². The molecule has 11 heteroatoms. The molecule has 7 aromatic rings. The van der Waals surface area contributed by atoms with Crippen LogP contribution >= 0.6 is 11.3 Å². The Kier molecular flexibility index (Phi) is 6.91. The van der Waals surface area contributed by atoms with Crippen LogP contribution in [0.25, 0.3) is 49.5 Å². The van der Waals surface area contributed by atoms with Crippen LogP contribution < -0.4 is 0 Å². The van der Waals surface area contributed by atoms with E-state index in [9.17, 15) is 18.4 Å². The second-order valence-corrected chi connectivity index (χ2v) is 11.1. The highest BCUT2D eigenvalue weighted by atomic mass is 32.1. The van der Waals surface area contributed by atoms with Crippen molar-refractivity contribution in [1.82, 2.24) is 19.6 Å². The number of azo groups is 1. The van der Waals surface area contributed by atoms with Gasteiger partial charge in [0, 0.05) is 16.5 Å². The Labute approximate surface area is 258 Å². The SMILES string of the molecule is Cc1nn2c(-c3ccccc3)cc(C(F)(F)F)nc2c1N=Nc1c(C#N)sc2nc(-c3ccccc3)cc(-c3ccccc3)c12. The third kappa shape index (κ3) is 5.11. The summed E-state index contributed by atoms with van der Waals surface area (Å²) in [4.78, 5) is 9.64. The zero-order valence-electron chi connectivity index (χ0n) is 23.5. The van der Waals surface area contributed by atoms with Crippen molar-refractivity contribution >= 4 is 38.6 Å². The highest BCUT2D eigenvalue weighted by Gasteiger charge is 2.34. The third-order valence-corrected chi connectivity index (χ3v) is 8.21. The summed E-state index contributed by atoms with van der Waals surface area (Å²) in [6.07, 6.45) is -4.71. The summed E-state index contributed by atoms with van der Waals surface area (Å²) < 4.78 is 43.4. The van der Waals surface area contributed by atoms with Gasteiger partial charge < -0.3 is 0 Å². The zero-order valence-corrected chi connectivity index (χ0v) is 24.3.